The molecule has 0 N–H and O–H groups in total. The standard InChI is InChI=1S/C18H16F3N3O4/c19-18(20,21)13-2-1-3-14(12-13)22-8-10-23(11-9-22)16(25)6-4-15-5-7-17(28-15)24(26)27/h1-7,12H,8-11H2/b6-4+. The summed E-state index contributed by atoms with van der Waals surface area (Å²) in [6.07, 6.45) is -1.81. The average molecular weight is 395 g/mol. The molecule has 0 atom stereocenters. The van der Waals surface area contributed by atoms with Gasteiger partial charge < -0.3 is 14.2 Å². The van der Waals surface area contributed by atoms with Crippen molar-refractivity contribution in [2.75, 3.05) is 31.1 Å². The third-order valence-electron chi connectivity index (χ3n) is 4.31. The van der Waals surface area contributed by atoms with Gasteiger partial charge in [-0.25, -0.2) is 0 Å². The minimum absolute atomic E-state index is 0.183. The predicted molar refractivity (Wildman–Crippen MR) is 94.6 cm³/mol. The van der Waals surface area contributed by atoms with Gasteiger partial charge in [0.25, 0.3) is 0 Å². The monoisotopic (exact) mass is 395 g/mol. The largest absolute Gasteiger partial charge is 0.433 e. The third kappa shape index (κ3) is 4.51. The molecule has 2 heterocycles. The molecule has 0 aliphatic carbocycles. The van der Waals surface area contributed by atoms with Gasteiger partial charge in [0.1, 0.15) is 10.7 Å². The van der Waals surface area contributed by atoms with Gasteiger partial charge in [-0.2, -0.15) is 13.2 Å². The molecule has 1 aromatic heterocycles. The van der Waals surface area contributed by atoms with Crippen molar-refractivity contribution in [2.24, 2.45) is 0 Å². The van der Waals surface area contributed by atoms with Crippen LogP contribution in [0.15, 0.2) is 46.9 Å². The first-order valence-corrected chi connectivity index (χ1v) is 8.37. The fraction of sp³-hybridized carbons (Fsp3) is 0.278. The molecule has 0 bridgehead atoms. The van der Waals surface area contributed by atoms with Crippen LogP contribution in [0.25, 0.3) is 6.08 Å². The van der Waals surface area contributed by atoms with E-state index >= 15 is 0 Å². The van der Waals surface area contributed by atoms with Gasteiger partial charge in [0.2, 0.25) is 5.91 Å². The number of rotatable bonds is 4. The van der Waals surface area contributed by atoms with Crippen molar-refractivity contribution in [3.63, 3.8) is 0 Å². The van der Waals surface area contributed by atoms with E-state index in [1.807, 2.05) is 0 Å². The molecule has 148 valence electrons. The Kier molecular flexibility index (Phi) is 5.39. The van der Waals surface area contributed by atoms with Crippen molar-refractivity contribution in [1.29, 1.82) is 0 Å². The lowest BCUT2D eigenvalue weighted by molar-refractivity contribution is -0.402. The van der Waals surface area contributed by atoms with Crippen molar-refractivity contribution in [1.82, 2.24) is 4.90 Å². The lowest BCUT2D eigenvalue weighted by Gasteiger charge is -2.35. The van der Waals surface area contributed by atoms with Crippen LogP contribution >= 0.6 is 0 Å². The molecule has 1 saturated heterocycles. The number of carbonyl (C=O) groups is 1. The molecule has 0 radical (unpaired) electrons. The van der Waals surface area contributed by atoms with Crippen LogP contribution in [0.2, 0.25) is 0 Å². The summed E-state index contributed by atoms with van der Waals surface area (Å²) in [5.41, 5.74) is -0.251. The van der Waals surface area contributed by atoms with E-state index in [1.54, 1.807) is 15.9 Å². The molecule has 0 saturated carbocycles. The summed E-state index contributed by atoms with van der Waals surface area (Å²) in [5.74, 6) is -0.535. The van der Waals surface area contributed by atoms with E-state index in [0.29, 0.717) is 31.9 Å². The van der Waals surface area contributed by atoms with Crippen LogP contribution in [-0.4, -0.2) is 41.9 Å². The number of hydrogen-bond acceptors (Lipinski definition) is 5. The average Bonchev–Trinajstić information content (AvgIpc) is 3.15. The van der Waals surface area contributed by atoms with Crippen LogP contribution < -0.4 is 4.90 Å². The van der Waals surface area contributed by atoms with Crippen molar-refractivity contribution in [3.05, 3.63) is 63.9 Å². The number of furan rings is 1. The van der Waals surface area contributed by atoms with Crippen LogP contribution in [0.5, 0.6) is 0 Å². The van der Waals surface area contributed by atoms with E-state index in [0.717, 1.165) is 12.1 Å². The highest BCUT2D eigenvalue weighted by molar-refractivity contribution is 5.91. The van der Waals surface area contributed by atoms with E-state index in [4.69, 9.17) is 4.42 Å². The molecule has 1 amide bonds. The Morgan fingerprint density at radius 1 is 1.14 bits per heavy atom. The minimum Gasteiger partial charge on any atom is -0.401 e. The first kappa shape index (κ1) is 19.5. The molecule has 1 aromatic carbocycles. The summed E-state index contributed by atoms with van der Waals surface area (Å²) in [5, 5.41) is 10.6. The maximum Gasteiger partial charge on any atom is 0.433 e. The van der Waals surface area contributed by atoms with Crippen LogP contribution in [0, 0.1) is 10.1 Å². The summed E-state index contributed by atoms with van der Waals surface area (Å²) < 4.78 is 43.5. The van der Waals surface area contributed by atoms with Crippen molar-refractivity contribution in [2.45, 2.75) is 6.18 Å². The zero-order valence-electron chi connectivity index (χ0n) is 14.6. The zero-order chi connectivity index (χ0) is 20.3. The van der Waals surface area contributed by atoms with Gasteiger partial charge in [0.15, 0.2) is 0 Å². The van der Waals surface area contributed by atoms with Crippen molar-refractivity contribution < 1.29 is 27.3 Å². The Morgan fingerprint density at radius 2 is 1.86 bits per heavy atom. The second-order valence-electron chi connectivity index (χ2n) is 6.13. The second kappa shape index (κ2) is 7.75. The van der Waals surface area contributed by atoms with Gasteiger partial charge in [-0.05, 0) is 30.3 Å². The van der Waals surface area contributed by atoms with Crippen LogP contribution in [0.1, 0.15) is 11.3 Å². The van der Waals surface area contributed by atoms with E-state index < -0.39 is 22.5 Å². The quantitative estimate of drug-likeness (QED) is 0.449. The molecule has 0 unspecified atom stereocenters. The predicted octanol–water partition coefficient (Wildman–Crippen LogP) is 3.57. The lowest BCUT2D eigenvalue weighted by Crippen LogP contribution is -2.48. The molecule has 0 spiro atoms. The highest BCUT2D eigenvalue weighted by Gasteiger charge is 2.31. The van der Waals surface area contributed by atoms with Crippen LogP contribution in [0.3, 0.4) is 0 Å². The molecule has 10 heteroatoms. The fourth-order valence-electron chi connectivity index (χ4n) is 2.85. The van der Waals surface area contributed by atoms with Crippen LogP contribution in [-0.2, 0) is 11.0 Å². The maximum atomic E-state index is 12.8. The van der Waals surface area contributed by atoms with Gasteiger partial charge in [-0.3, -0.25) is 14.9 Å². The number of nitro groups is 1. The van der Waals surface area contributed by atoms with Gasteiger partial charge >= 0.3 is 12.1 Å². The van der Waals surface area contributed by atoms with E-state index in [-0.39, 0.29) is 11.7 Å². The first-order chi connectivity index (χ1) is 13.2. The lowest BCUT2D eigenvalue weighted by atomic mass is 10.1. The molecule has 1 aliphatic rings. The number of alkyl halides is 3. The smallest absolute Gasteiger partial charge is 0.401 e. The Morgan fingerprint density at radius 3 is 2.46 bits per heavy atom. The number of hydrogen-bond donors (Lipinski definition) is 0. The maximum absolute atomic E-state index is 12.8. The summed E-state index contributed by atoms with van der Waals surface area (Å²) in [7, 11) is 0. The third-order valence-corrected chi connectivity index (χ3v) is 4.31. The van der Waals surface area contributed by atoms with Gasteiger partial charge in [-0.15, -0.1) is 0 Å². The van der Waals surface area contributed by atoms with E-state index in [2.05, 4.69) is 0 Å². The SMILES string of the molecule is O=C(/C=C/c1ccc([N+](=O)[O-])o1)N1CCN(c2cccc(C(F)(F)F)c2)CC1. The Balaban J connectivity index is 1.58. The number of nitrogens with zero attached hydrogens (tertiary/aromatic N) is 3. The Labute approximate surface area is 157 Å². The van der Waals surface area contributed by atoms with E-state index in [1.165, 1.54) is 30.4 Å². The zero-order valence-corrected chi connectivity index (χ0v) is 14.6. The number of anilines is 1. The summed E-state index contributed by atoms with van der Waals surface area (Å²) in [6, 6.07) is 7.66. The van der Waals surface area contributed by atoms with E-state index in [9.17, 15) is 28.1 Å². The molecule has 7 nitrogen and oxygen atoms in total. The summed E-state index contributed by atoms with van der Waals surface area (Å²) in [4.78, 5) is 25.5. The highest BCUT2D eigenvalue weighted by Crippen LogP contribution is 2.31. The topological polar surface area (TPSA) is 79.8 Å². The Hall–Kier alpha value is -3.30. The number of carbonyl (C=O) groups excluding carboxylic acids is 1. The molecule has 3 rings (SSSR count). The number of amides is 1. The van der Waals surface area contributed by atoms with Crippen molar-refractivity contribution >= 4 is 23.6 Å². The van der Waals surface area contributed by atoms with Crippen LogP contribution in [0.4, 0.5) is 24.7 Å². The van der Waals surface area contributed by atoms with Gasteiger partial charge in [0, 0.05) is 37.9 Å². The number of halogens is 3. The number of benzene rings is 1. The highest BCUT2D eigenvalue weighted by atomic mass is 19.4. The van der Waals surface area contributed by atoms with Crippen molar-refractivity contribution in [3.8, 4) is 0 Å². The molecule has 1 fully saturated rings. The Bertz CT molecular complexity index is 899. The molecule has 2 aromatic rings. The molecular formula is C18H16F3N3O4. The van der Waals surface area contributed by atoms with Gasteiger partial charge in [0.05, 0.1) is 11.6 Å². The normalized spacial score (nSPS) is 15.2. The summed E-state index contributed by atoms with van der Waals surface area (Å²) >= 11 is 0. The second-order valence-corrected chi connectivity index (χ2v) is 6.13. The minimum atomic E-state index is -4.40. The molecular weight excluding hydrogens is 379 g/mol. The first-order valence-electron chi connectivity index (χ1n) is 8.37. The fourth-order valence-corrected chi connectivity index (χ4v) is 2.85. The molecule has 1 aliphatic heterocycles. The number of piperazine rings is 1. The van der Waals surface area contributed by atoms with Gasteiger partial charge in [-0.1, -0.05) is 6.07 Å². The summed E-state index contributed by atoms with van der Waals surface area (Å²) in [6.45, 7) is 1.48. The molecule has 28 heavy (non-hydrogen) atoms.